The molecule has 3 saturated carbocycles. The van der Waals surface area contributed by atoms with Gasteiger partial charge in [0, 0.05) is 29.4 Å². The van der Waals surface area contributed by atoms with E-state index < -0.39 is 106 Å². The molecule has 3 saturated heterocycles. The molecule has 5 aliphatic heterocycles. The highest BCUT2D eigenvalue weighted by Gasteiger charge is 2.89. The van der Waals surface area contributed by atoms with Crippen LogP contribution in [0.5, 0.6) is 23.0 Å². The first-order valence-corrected chi connectivity index (χ1v) is 24.6. The molecule has 7 unspecified atom stereocenters. The van der Waals surface area contributed by atoms with Crippen molar-refractivity contribution in [2.45, 2.75) is 172 Å². The zero-order valence-corrected chi connectivity index (χ0v) is 42.8. The number of esters is 2. The Labute approximate surface area is 421 Å². The standard InChI is InChI=1S/C55H65BO16/c1-27(2)13-12-22-52(10)23-21-33-40(70-52)32(19-14-28(3)4)42-37(41(33)68-48(63)30-15-17-31(18-16-30)66-49-39(58)38(57)43-35(67-49)26-65-51(8,9)69-43)46(61)54(56)45(60)34-25-36-50(6,7)72-53(44(34)59,55(36,54)71-42)24-20-29(5)47(62)64-11/h13-18,20-21,23,34-36,38-39,43,45,49,57-58,60H,12,19,22,24-26H2,1-11H3/b29-20-/t34?,35-,36?,38+,39-,43-,45?,49-,52?,53?,54?,55?/m1/s1. The normalized spacial score (nSPS) is 35.3. The predicted molar refractivity (Wildman–Crippen MR) is 261 cm³/mol. The van der Waals surface area contributed by atoms with Crippen LogP contribution in [0.4, 0.5) is 0 Å². The summed E-state index contributed by atoms with van der Waals surface area (Å²) in [6.45, 7) is 18.4. The highest BCUT2D eigenvalue weighted by atomic mass is 16.8. The quantitative estimate of drug-likeness (QED) is 0.0674. The number of aliphatic hydroxyl groups excluding tert-OH is 3. The first-order chi connectivity index (χ1) is 33.7. The van der Waals surface area contributed by atoms with E-state index in [-0.39, 0.29) is 71.1 Å². The van der Waals surface area contributed by atoms with Gasteiger partial charge in [-0.05, 0) is 131 Å². The average molecular weight is 993 g/mol. The molecule has 12 atom stereocenters. The van der Waals surface area contributed by atoms with E-state index in [9.17, 15) is 24.9 Å². The Morgan fingerprint density at radius 2 is 1.60 bits per heavy atom. The molecule has 0 aromatic heterocycles. The SMILES string of the molecule is [B]C12C(=O)c3c(OC(=O)c4ccc(O[C@@H]5O[C@@H]6COC(C)(C)O[C@H]6[C@@H](O)[C@H]5O)cc4)c4c(c(CC=C(C)C)c3OC13C1CC(C(=O)C3(C/C=C(/C)C(=O)OC)OC1(C)C)C2O)OC(C)(CCC=C(C)C)C=C4. The molecule has 2 aromatic carbocycles. The number of Topliss-reactive ketones (excluding diaryl/α,β-unsaturated/α-hetero) is 2. The van der Waals surface area contributed by atoms with Gasteiger partial charge in [0.25, 0.3) is 0 Å². The fourth-order valence-electron chi connectivity index (χ4n) is 12.0. The third kappa shape index (κ3) is 8.00. The maximum atomic E-state index is 16.1. The molecule has 0 amide bonds. The van der Waals surface area contributed by atoms with Crippen molar-refractivity contribution in [2.24, 2.45) is 11.8 Å². The molecule has 6 fully saturated rings. The molecule has 384 valence electrons. The third-order valence-corrected chi connectivity index (χ3v) is 15.7. The molecular formula is C55H65BO16. The van der Waals surface area contributed by atoms with Gasteiger partial charge < -0.3 is 58.0 Å². The minimum Gasteiger partial charge on any atom is -0.482 e. The van der Waals surface area contributed by atoms with E-state index in [2.05, 4.69) is 6.08 Å². The van der Waals surface area contributed by atoms with Gasteiger partial charge in [0.05, 0.1) is 49.7 Å². The van der Waals surface area contributed by atoms with Crippen molar-refractivity contribution in [1.29, 1.82) is 0 Å². The molecule has 16 nitrogen and oxygen atoms in total. The van der Waals surface area contributed by atoms with Gasteiger partial charge in [-0.2, -0.15) is 0 Å². The Morgan fingerprint density at radius 3 is 2.26 bits per heavy atom. The van der Waals surface area contributed by atoms with Crippen LogP contribution in [0.3, 0.4) is 0 Å². The smallest absolute Gasteiger partial charge is 0.343 e. The highest BCUT2D eigenvalue weighted by molar-refractivity contribution is 6.37. The number of fused-ring (bicyclic) bond motifs is 3. The summed E-state index contributed by atoms with van der Waals surface area (Å²) in [5.41, 5.74) is -3.36. The van der Waals surface area contributed by atoms with Crippen LogP contribution in [-0.4, -0.2) is 125 Å². The molecule has 1 spiro atoms. The molecule has 72 heavy (non-hydrogen) atoms. The number of allylic oxidation sites excluding steroid dienone is 4. The van der Waals surface area contributed by atoms with Crippen molar-refractivity contribution in [2.75, 3.05) is 13.7 Å². The first-order valence-electron chi connectivity index (χ1n) is 24.6. The number of rotatable bonds is 12. The lowest BCUT2D eigenvalue weighted by molar-refractivity contribution is -0.373. The molecule has 17 heteroatoms. The van der Waals surface area contributed by atoms with Gasteiger partial charge in [-0.3, -0.25) is 9.59 Å². The number of aliphatic hydroxyl groups is 3. The molecule has 8 aliphatic rings. The number of ketones is 2. The van der Waals surface area contributed by atoms with Crippen molar-refractivity contribution in [3.63, 3.8) is 0 Å². The van der Waals surface area contributed by atoms with Crippen LogP contribution < -0.4 is 18.9 Å². The summed E-state index contributed by atoms with van der Waals surface area (Å²) in [4.78, 5) is 58.5. The van der Waals surface area contributed by atoms with Crippen molar-refractivity contribution in [1.82, 2.24) is 0 Å². The topological polar surface area (TPSA) is 212 Å². The van der Waals surface area contributed by atoms with Crippen LogP contribution in [-0.2, 0) is 39.7 Å². The van der Waals surface area contributed by atoms with E-state index in [0.717, 1.165) is 11.1 Å². The van der Waals surface area contributed by atoms with Gasteiger partial charge in [0.15, 0.2) is 34.3 Å². The molecular weight excluding hydrogens is 927 g/mol. The van der Waals surface area contributed by atoms with Gasteiger partial charge in [-0.15, -0.1) is 0 Å². The van der Waals surface area contributed by atoms with Crippen molar-refractivity contribution in [3.05, 3.63) is 87.5 Å². The summed E-state index contributed by atoms with van der Waals surface area (Å²) in [6, 6.07) is 5.77. The van der Waals surface area contributed by atoms with Crippen molar-refractivity contribution < 1.29 is 77.1 Å². The number of benzene rings is 2. The largest absolute Gasteiger partial charge is 0.482 e. The molecule has 10 rings (SSSR count). The lowest BCUT2D eigenvalue weighted by Gasteiger charge is -2.67. The summed E-state index contributed by atoms with van der Waals surface area (Å²) in [7, 11) is 8.76. The van der Waals surface area contributed by atoms with Crippen molar-refractivity contribution in [3.8, 4) is 23.0 Å². The number of hydrogen-bond donors (Lipinski definition) is 3. The third-order valence-electron chi connectivity index (χ3n) is 15.7. The lowest BCUT2D eigenvalue weighted by Crippen LogP contribution is -2.82. The Balaban J connectivity index is 1.16. The molecule has 3 N–H and O–H groups in total. The van der Waals surface area contributed by atoms with E-state index in [0.29, 0.717) is 18.4 Å². The number of methoxy groups -OCH3 is 1. The van der Waals surface area contributed by atoms with Crippen LogP contribution in [0.25, 0.3) is 6.08 Å². The van der Waals surface area contributed by atoms with Crippen LogP contribution in [0.15, 0.2) is 65.3 Å². The zero-order valence-electron chi connectivity index (χ0n) is 42.8. The monoisotopic (exact) mass is 992 g/mol. The number of carbonyl (C=O) groups excluding carboxylic acids is 4. The molecule has 3 aliphatic carbocycles. The number of hydrogen-bond acceptors (Lipinski definition) is 16. The minimum absolute atomic E-state index is 0.0256. The first kappa shape index (κ1) is 51.8. The number of ether oxygens (including phenoxy) is 9. The number of carbonyl (C=O) groups is 4. The Kier molecular flexibility index (Phi) is 13.0. The van der Waals surface area contributed by atoms with E-state index in [1.165, 1.54) is 37.5 Å². The zero-order chi connectivity index (χ0) is 52.2. The molecule has 2 aromatic rings. The summed E-state index contributed by atoms with van der Waals surface area (Å²) in [5.74, 6) is -5.59. The fraction of sp³-hybridized carbons (Fsp3) is 0.564. The van der Waals surface area contributed by atoms with Gasteiger partial charge in [0.1, 0.15) is 52.8 Å². The Bertz CT molecular complexity index is 2710. The average Bonchev–Trinajstić information content (AvgIpc) is 3.46. The minimum atomic E-state index is -2.37. The summed E-state index contributed by atoms with van der Waals surface area (Å²) >= 11 is 0. The Morgan fingerprint density at radius 1 is 0.903 bits per heavy atom. The van der Waals surface area contributed by atoms with E-state index in [1.807, 2.05) is 46.8 Å². The molecule has 4 bridgehead atoms. The summed E-state index contributed by atoms with van der Waals surface area (Å²) in [6.07, 6.45) is 2.91. The van der Waals surface area contributed by atoms with E-state index in [4.69, 9.17) is 50.5 Å². The van der Waals surface area contributed by atoms with Crippen molar-refractivity contribution >= 4 is 37.4 Å². The van der Waals surface area contributed by atoms with Crippen LogP contribution in [0.2, 0.25) is 5.31 Å². The van der Waals surface area contributed by atoms with Crippen LogP contribution >= 0.6 is 0 Å². The maximum Gasteiger partial charge on any atom is 0.343 e. The molecule has 5 heterocycles. The van der Waals surface area contributed by atoms with Gasteiger partial charge in [-0.25, -0.2) is 9.59 Å². The van der Waals surface area contributed by atoms with E-state index >= 15 is 9.59 Å². The summed E-state index contributed by atoms with van der Waals surface area (Å²) in [5, 5.41) is 32.0. The van der Waals surface area contributed by atoms with Gasteiger partial charge in [-0.1, -0.05) is 29.4 Å². The maximum absolute atomic E-state index is 16.1. The predicted octanol–water partition coefficient (Wildman–Crippen LogP) is 6.58. The fourth-order valence-corrected chi connectivity index (χ4v) is 12.0. The van der Waals surface area contributed by atoms with E-state index in [1.54, 1.807) is 40.7 Å². The van der Waals surface area contributed by atoms with Crippen LogP contribution in [0.1, 0.15) is 127 Å². The summed E-state index contributed by atoms with van der Waals surface area (Å²) < 4.78 is 56.2. The molecule has 2 radical (unpaired) electrons. The Hall–Kier alpha value is -5.14. The van der Waals surface area contributed by atoms with Crippen LogP contribution in [0, 0.1) is 11.8 Å². The second kappa shape index (κ2) is 18.1. The second-order valence-electron chi connectivity index (χ2n) is 22.0. The van der Waals surface area contributed by atoms with Gasteiger partial charge >= 0.3 is 11.9 Å². The lowest BCUT2D eigenvalue weighted by atomic mass is 9.34. The second-order valence-corrected chi connectivity index (χ2v) is 22.0. The van der Waals surface area contributed by atoms with Gasteiger partial charge in [0.2, 0.25) is 6.29 Å². The highest BCUT2D eigenvalue weighted by Crippen LogP contribution is 2.76.